The summed E-state index contributed by atoms with van der Waals surface area (Å²) < 4.78 is 5.50. The molecule has 0 aliphatic heterocycles. The van der Waals surface area contributed by atoms with E-state index in [1.54, 1.807) is 18.2 Å². The summed E-state index contributed by atoms with van der Waals surface area (Å²) >= 11 is 0. The molecule has 0 amide bonds. The van der Waals surface area contributed by atoms with Crippen molar-refractivity contribution in [3.8, 4) is 5.75 Å². The molecule has 0 spiro atoms. The Hall–Kier alpha value is -1.82. The van der Waals surface area contributed by atoms with E-state index in [-0.39, 0.29) is 11.8 Å². The van der Waals surface area contributed by atoms with Crippen LogP contribution in [0.1, 0.15) is 20.8 Å². The van der Waals surface area contributed by atoms with Gasteiger partial charge in [-0.2, -0.15) is 0 Å². The van der Waals surface area contributed by atoms with E-state index in [4.69, 9.17) is 4.74 Å². The number of anilines is 1. The average molecular weight is 281 g/mol. The molecule has 1 rings (SSSR count). The van der Waals surface area contributed by atoms with Crippen molar-refractivity contribution in [3.05, 3.63) is 28.3 Å². The van der Waals surface area contributed by atoms with Crippen LogP contribution in [0.5, 0.6) is 5.75 Å². The number of nitrogens with zero attached hydrogens (tertiary/aromatic N) is 2. The van der Waals surface area contributed by atoms with Crippen molar-refractivity contribution in [1.82, 2.24) is 4.90 Å². The molecular weight excluding hydrogens is 258 g/mol. The highest BCUT2D eigenvalue weighted by molar-refractivity contribution is 5.68. The molecular formula is C14H23N3O3. The lowest BCUT2D eigenvalue weighted by molar-refractivity contribution is -0.385. The highest BCUT2D eigenvalue weighted by Gasteiger charge is 2.21. The first-order valence-electron chi connectivity index (χ1n) is 6.82. The fourth-order valence-electron chi connectivity index (χ4n) is 1.74. The van der Waals surface area contributed by atoms with Gasteiger partial charge in [0.05, 0.1) is 11.0 Å². The third-order valence-corrected chi connectivity index (χ3v) is 2.89. The number of nitro benzene ring substituents is 1. The molecule has 0 unspecified atom stereocenters. The van der Waals surface area contributed by atoms with Crippen LogP contribution in [0.15, 0.2) is 18.2 Å². The van der Waals surface area contributed by atoms with Gasteiger partial charge in [-0.1, -0.05) is 13.0 Å². The molecule has 112 valence electrons. The Balaban J connectivity index is 2.86. The highest BCUT2D eigenvalue weighted by atomic mass is 16.6. The number of para-hydroxylation sites is 1. The van der Waals surface area contributed by atoms with Crippen LogP contribution in [0, 0.1) is 10.1 Å². The average Bonchev–Trinajstić information content (AvgIpc) is 2.37. The molecule has 0 saturated heterocycles. The first-order valence-corrected chi connectivity index (χ1v) is 6.82. The first kappa shape index (κ1) is 16.2. The van der Waals surface area contributed by atoms with Crippen LogP contribution in [0.2, 0.25) is 0 Å². The third-order valence-electron chi connectivity index (χ3n) is 2.89. The Bertz CT molecular complexity index is 449. The van der Waals surface area contributed by atoms with E-state index >= 15 is 0 Å². The van der Waals surface area contributed by atoms with Gasteiger partial charge < -0.3 is 15.0 Å². The summed E-state index contributed by atoms with van der Waals surface area (Å²) in [5.74, 6) is 0.304. The largest absolute Gasteiger partial charge is 0.484 e. The molecule has 1 N–H and O–H groups in total. The summed E-state index contributed by atoms with van der Waals surface area (Å²) in [5.41, 5.74) is 0.498. The van der Waals surface area contributed by atoms with Gasteiger partial charge in [-0.3, -0.25) is 10.1 Å². The second-order valence-corrected chi connectivity index (χ2v) is 4.90. The molecule has 0 radical (unpaired) electrons. The van der Waals surface area contributed by atoms with Gasteiger partial charge in [0.2, 0.25) is 0 Å². The van der Waals surface area contributed by atoms with Gasteiger partial charge in [-0.25, -0.2) is 0 Å². The van der Waals surface area contributed by atoms with Gasteiger partial charge in [0.25, 0.3) is 0 Å². The van der Waals surface area contributed by atoms with Gasteiger partial charge in [0.1, 0.15) is 5.69 Å². The SMILES string of the molecule is CCN(C)CCNc1cccc(OC(C)C)c1[N+](=O)[O-]. The molecule has 6 heteroatoms. The van der Waals surface area contributed by atoms with Crippen molar-refractivity contribution in [3.63, 3.8) is 0 Å². The van der Waals surface area contributed by atoms with Crippen LogP contribution >= 0.6 is 0 Å². The van der Waals surface area contributed by atoms with Crippen molar-refractivity contribution in [2.75, 3.05) is 32.0 Å². The maximum absolute atomic E-state index is 11.3. The Kier molecular flexibility index (Phi) is 6.24. The lowest BCUT2D eigenvalue weighted by Crippen LogP contribution is -2.24. The lowest BCUT2D eigenvalue weighted by atomic mass is 10.2. The number of likely N-dealkylation sites (N-methyl/N-ethyl adjacent to an activating group) is 1. The van der Waals surface area contributed by atoms with E-state index in [1.165, 1.54) is 0 Å². The summed E-state index contributed by atoms with van der Waals surface area (Å²) in [5, 5.41) is 14.4. The maximum atomic E-state index is 11.3. The summed E-state index contributed by atoms with van der Waals surface area (Å²) in [6, 6.07) is 5.09. The molecule has 0 aliphatic carbocycles. The van der Waals surface area contributed by atoms with Crippen LogP contribution in [-0.4, -0.2) is 42.6 Å². The van der Waals surface area contributed by atoms with E-state index in [1.807, 2.05) is 20.9 Å². The predicted molar refractivity (Wildman–Crippen MR) is 80.5 cm³/mol. The number of rotatable bonds is 8. The van der Waals surface area contributed by atoms with E-state index in [9.17, 15) is 10.1 Å². The Labute approximate surface area is 119 Å². The summed E-state index contributed by atoms with van der Waals surface area (Å²) in [6.45, 7) is 8.18. The summed E-state index contributed by atoms with van der Waals surface area (Å²) in [7, 11) is 2.01. The van der Waals surface area contributed by atoms with Gasteiger partial charge in [0, 0.05) is 13.1 Å². The first-order chi connectivity index (χ1) is 9.45. The zero-order chi connectivity index (χ0) is 15.1. The van der Waals surface area contributed by atoms with Crippen molar-refractivity contribution in [1.29, 1.82) is 0 Å². The summed E-state index contributed by atoms with van der Waals surface area (Å²) in [4.78, 5) is 13.0. The zero-order valence-electron chi connectivity index (χ0n) is 12.5. The van der Waals surface area contributed by atoms with Gasteiger partial charge >= 0.3 is 5.69 Å². The quantitative estimate of drug-likeness (QED) is 0.586. The topological polar surface area (TPSA) is 67.6 Å². The lowest BCUT2D eigenvalue weighted by Gasteiger charge is -2.16. The molecule has 0 atom stereocenters. The predicted octanol–water partition coefficient (Wildman–Crippen LogP) is 2.75. The monoisotopic (exact) mass is 281 g/mol. The Morgan fingerprint density at radius 1 is 1.45 bits per heavy atom. The summed E-state index contributed by atoms with van der Waals surface area (Å²) in [6.07, 6.45) is -0.102. The van der Waals surface area contributed by atoms with Gasteiger partial charge in [-0.15, -0.1) is 0 Å². The molecule has 0 heterocycles. The Morgan fingerprint density at radius 2 is 2.15 bits per heavy atom. The maximum Gasteiger partial charge on any atom is 0.333 e. The van der Waals surface area contributed by atoms with E-state index in [0.717, 1.165) is 13.1 Å². The minimum Gasteiger partial charge on any atom is -0.484 e. The number of hydrogen-bond acceptors (Lipinski definition) is 5. The molecule has 1 aromatic carbocycles. The van der Waals surface area contributed by atoms with Crippen LogP contribution in [0.25, 0.3) is 0 Å². The molecule has 0 aromatic heterocycles. The number of hydrogen-bond donors (Lipinski definition) is 1. The van der Waals surface area contributed by atoms with Crippen LogP contribution in [0.3, 0.4) is 0 Å². The minimum atomic E-state index is -0.399. The normalized spacial score (nSPS) is 10.9. The molecule has 0 fully saturated rings. The molecule has 0 aliphatic rings. The van der Waals surface area contributed by atoms with E-state index in [0.29, 0.717) is 18.0 Å². The van der Waals surface area contributed by atoms with Crippen molar-refractivity contribution in [2.24, 2.45) is 0 Å². The highest BCUT2D eigenvalue weighted by Crippen LogP contribution is 2.35. The van der Waals surface area contributed by atoms with Crippen LogP contribution in [0.4, 0.5) is 11.4 Å². The molecule has 0 saturated carbocycles. The second kappa shape index (κ2) is 7.69. The molecule has 20 heavy (non-hydrogen) atoms. The van der Waals surface area contributed by atoms with Crippen molar-refractivity contribution in [2.45, 2.75) is 26.9 Å². The van der Waals surface area contributed by atoms with Crippen molar-refractivity contribution >= 4 is 11.4 Å². The number of nitrogens with one attached hydrogen (secondary N) is 1. The fraction of sp³-hybridized carbons (Fsp3) is 0.571. The van der Waals surface area contributed by atoms with Crippen LogP contribution < -0.4 is 10.1 Å². The number of nitro groups is 1. The van der Waals surface area contributed by atoms with E-state index in [2.05, 4.69) is 17.1 Å². The number of ether oxygens (including phenoxy) is 1. The Morgan fingerprint density at radius 3 is 2.70 bits per heavy atom. The van der Waals surface area contributed by atoms with E-state index < -0.39 is 4.92 Å². The fourth-order valence-corrected chi connectivity index (χ4v) is 1.74. The zero-order valence-corrected chi connectivity index (χ0v) is 12.5. The molecule has 1 aromatic rings. The smallest absolute Gasteiger partial charge is 0.333 e. The van der Waals surface area contributed by atoms with Gasteiger partial charge in [-0.05, 0) is 39.6 Å². The second-order valence-electron chi connectivity index (χ2n) is 4.90. The van der Waals surface area contributed by atoms with Crippen molar-refractivity contribution < 1.29 is 9.66 Å². The number of benzene rings is 1. The molecule has 6 nitrogen and oxygen atoms in total. The van der Waals surface area contributed by atoms with Crippen LogP contribution in [-0.2, 0) is 0 Å². The minimum absolute atomic E-state index is 0.000325. The standard InChI is InChI=1S/C14H23N3O3/c1-5-16(4)10-9-15-12-7-6-8-13(20-11(2)3)14(12)17(18)19/h6-8,11,15H,5,9-10H2,1-4H3. The van der Waals surface area contributed by atoms with Gasteiger partial charge in [0.15, 0.2) is 5.75 Å². The third kappa shape index (κ3) is 4.70. The molecule has 0 bridgehead atoms.